The van der Waals surface area contributed by atoms with Gasteiger partial charge >= 0.3 is 0 Å². The van der Waals surface area contributed by atoms with E-state index in [1.807, 2.05) is 23.1 Å². The number of aliphatic hydroxyl groups is 1. The van der Waals surface area contributed by atoms with Crippen molar-refractivity contribution in [2.24, 2.45) is 0 Å². The van der Waals surface area contributed by atoms with E-state index in [4.69, 9.17) is 0 Å². The Morgan fingerprint density at radius 2 is 2.09 bits per heavy atom. The largest absolute Gasteiger partial charge is 0.395 e. The summed E-state index contributed by atoms with van der Waals surface area (Å²) in [6, 6.07) is 6.32. The summed E-state index contributed by atoms with van der Waals surface area (Å²) >= 11 is 0. The molecule has 1 heterocycles. The summed E-state index contributed by atoms with van der Waals surface area (Å²) in [6.07, 6.45) is 6.83. The van der Waals surface area contributed by atoms with E-state index in [-0.39, 0.29) is 12.5 Å². The molecule has 22 heavy (non-hydrogen) atoms. The number of nitrogens with one attached hydrogen (secondary N) is 1. The molecule has 0 spiro atoms. The van der Waals surface area contributed by atoms with Gasteiger partial charge in [0.1, 0.15) is 0 Å². The normalized spacial score (nSPS) is 17.5. The molecule has 1 saturated carbocycles. The summed E-state index contributed by atoms with van der Waals surface area (Å²) in [5, 5.41) is 10.4. The lowest BCUT2D eigenvalue weighted by Crippen LogP contribution is -2.35. The zero-order chi connectivity index (χ0) is 15.1. The van der Waals surface area contributed by atoms with E-state index in [1.54, 1.807) is 0 Å². The molecule has 0 aliphatic heterocycles. The molecule has 1 aromatic carbocycles. The SMILES string of the molecule is O=C(c1ccc2[nH]c3c(c2c1)CCCC3)N(CCO)C1CC1. The lowest BCUT2D eigenvalue weighted by Gasteiger charge is -2.21. The second kappa shape index (κ2) is 5.43. The van der Waals surface area contributed by atoms with Crippen molar-refractivity contribution < 1.29 is 9.90 Å². The highest BCUT2D eigenvalue weighted by Gasteiger charge is 2.32. The van der Waals surface area contributed by atoms with Crippen LogP contribution >= 0.6 is 0 Å². The zero-order valence-corrected chi connectivity index (χ0v) is 12.8. The highest BCUT2D eigenvalue weighted by atomic mass is 16.3. The number of hydrogen-bond acceptors (Lipinski definition) is 2. The number of nitrogens with zero attached hydrogens (tertiary/aromatic N) is 1. The number of aliphatic hydroxyl groups excluding tert-OH is 1. The lowest BCUT2D eigenvalue weighted by atomic mass is 9.95. The van der Waals surface area contributed by atoms with Crippen molar-refractivity contribution in [2.75, 3.05) is 13.2 Å². The van der Waals surface area contributed by atoms with Gasteiger partial charge in [0.05, 0.1) is 6.61 Å². The molecule has 2 aliphatic carbocycles. The van der Waals surface area contributed by atoms with Crippen LogP contribution in [0.1, 0.15) is 47.3 Å². The van der Waals surface area contributed by atoms with Gasteiger partial charge < -0.3 is 15.0 Å². The van der Waals surface area contributed by atoms with Crippen molar-refractivity contribution in [1.82, 2.24) is 9.88 Å². The zero-order valence-electron chi connectivity index (χ0n) is 12.8. The number of benzene rings is 1. The fourth-order valence-electron chi connectivity index (χ4n) is 3.65. The van der Waals surface area contributed by atoms with E-state index in [9.17, 15) is 9.90 Å². The molecule has 2 aromatic rings. The average Bonchev–Trinajstić information content (AvgIpc) is 3.32. The van der Waals surface area contributed by atoms with Gasteiger partial charge in [-0.15, -0.1) is 0 Å². The molecule has 116 valence electrons. The Kier molecular flexibility index (Phi) is 3.41. The Balaban J connectivity index is 1.70. The van der Waals surface area contributed by atoms with Crippen LogP contribution in [0.2, 0.25) is 0 Å². The monoisotopic (exact) mass is 298 g/mol. The molecule has 1 fully saturated rings. The summed E-state index contributed by atoms with van der Waals surface area (Å²) in [7, 11) is 0. The fraction of sp³-hybridized carbons (Fsp3) is 0.500. The van der Waals surface area contributed by atoms with Crippen LogP contribution in [-0.4, -0.2) is 40.1 Å². The number of carbonyl (C=O) groups excluding carboxylic acids is 1. The van der Waals surface area contributed by atoms with Gasteiger partial charge in [-0.05, 0) is 62.3 Å². The highest BCUT2D eigenvalue weighted by molar-refractivity contribution is 5.99. The first-order valence-electron chi connectivity index (χ1n) is 8.33. The minimum absolute atomic E-state index is 0.0318. The first kappa shape index (κ1) is 13.8. The molecule has 4 rings (SSSR count). The quantitative estimate of drug-likeness (QED) is 0.911. The van der Waals surface area contributed by atoms with E-state index in [1.165, 1.54) is 29.5 Å². The molecule has 2 aliphatic rings. The van der Waals surface area contributed by atoms with E-state index >= 15 is 0 Å². The molecular weight excluding hydrogens is 276 g/mol. The molecule has 0 bridgehead atoms. The summed E-state index contributed by atoms with van der Waals surface area (Å²) in [6.45, 7) is 0.469. The van der Waals surface area contributed by atoms with E-state index in [2.05, 4.69) is 4.98 Å². The predicted octanol–water partition coefficient (Wildman–Crippen LogP) is 2.64. The van der Waals surface area contributed by atoms with Crippen molar-refractivity contribution >= 4 is 16.8 Å². The van der Waals surface area contributed by atoms with Crippen LogP contribution in [0.5, 0.6) is 0 Å². The number of amides is 1. The molecule has 0 unspecified atom stereocenters. The van der Waals surface area contributed by atoms with Crippen molar-refractivity contribution in [3.63, 3.8) is 0 Å². The molecule has 4 nitrogen and oxygen atoms in total. The number of rotatable bonds is 4. The van der Waals surface area contributed by atoms with Crippen LogP contribution in [0.4, 0.5) is 0 Å². The van der Waals surface area contributed by atoms with Gasteiger partial charge in [0.25, 0.3) is 5.91 Å². The molecule has 2 N–H and O–H groups in total. The van der Waals surface area contributed by atoms with E-state index < -0.39 is 0 Å². The first-order valence-corrected chi connectivity index (χ1v) is 8.33. The molecule has 4 heteroatoms. The minimum atomic E-state index is 0.0318. The van der Waals surface area contributed by atoms with Gasteiger partial charge in [-0.2, -0.15) is 0 Å². The maximum atomic E-state index is 12.8. The van der Waals surface area contributed by atoms with Gasteiger partial charge in [0.2, 0.25) is 0 Å². The van der Waals surface area contributed by atoms with Crippen LogP contribution in [0.25, 0.3) is 10.9 Å². The number of aromatic nitrogens is 1. The minimum Gasteiger partial charge on any atom is -0.395 e. The van der Waals surface area contributed by atoms with E-state index in [0.717, 1.165) is 36.8 Å². The van der Waals surface area contributed by atoms with Gasteiger partial charge in [0.15, 0.2) is 0 Å². The Morgan fingerprint density at radius 3 is 2.86 bits per heavy atom. The van der Waals surface area contributed by atoms with Crippen molar-refractivity contribution in [3.05, 3.63) is 35.0 Å². The number of fused-ring (bicyclic) bond motifs is 3. The molecule has 1 amide bonds. The third-order valence-electron chi connectivity index (χ3n) is 4.93. The van der Waals surface area contributed by atoms with Crippen LogP contribution in [0, 0.1) is 0 Å². The number of H-pyrrole nitrogens is 1. The Hall–Kier alpha value is -1.81. The standard InChI is InChI=1S/C18H22N2O2/c21-10-9-20(13-6-7-13)18(22)12-5-8-17-15(11-12)14-3-1-2-4-16(14)19-17/h5,8,11,13,19,21H,1-4,6-7,9-10H2. The van der Waals surface area contributed by atoms with Gasteiger partial charge in [-0.3, -0.25) is 4.79 Å². The topological polar surface area (TPSA) is 56.3 Å². The Bertz CT molecular complexity index is 715. The van der Waals surface area contributed by atoms with Crippen LogP contribution in [0.3, 0.4) is 0 Å². The summed E-state index contributed by atoms with van der Waals surface area (Å²) < 4.78 is 0. The van der Waals surface area contributed by atoms with Crippen LogP contribution < -0.4 is 0 Å². The first-order chi connectivity index (χ1) is 10.8. The van der Waals surface area contributed by atoms with Crippen molar-refractivity contribution in [3.8, 4) is 0 Å². The van der Waals surface area contributed by atoms with Gasteiger partial charge in [0, 0.05) is 34.7 Å². The maximum Gasteiger partial charge on any atom is 0.254 e. The summed E-state index contributed by atoms with van der Waals surface area (Å²) in [5.74, 6) is 0.0595. The van der Waals surface area contributed by atoms with E-state index in [0.29, 0.717) is 12.6 Å². The predicted molar refractivity (Wildman–Crippen MR) is 86.1 cm³/mol. The van der Waals surface area contributed by atoms with Gasteiger partial charge in [-0.25, -0.2) is 0 Å². The number of carbonyl (C=O) groups is 1. The average molecular weight is 298 g/mol. The number of aromatic amines is 1. The molecule has 0 saturated heterocycles. The van der Waals surface area contributed by atoms with Crippen molar-refractivity contribution in [2.45, 2.75) is 44.6 Å². The smallest absolute Gasteiger partial charge is 0.254 e. The fourth-order valence-corrected chi connectivity index (χ4v) is 3.65. The third-order valence-corrected chi connectivity index (χ3v) is 4.93. The number of aryl methyl sites for hydroxylation is 2. The summed E-state index contributed by atoms with van der Waals surface area (Å²) in [5.41, 5.74) is 4.64. The van der Waals surface area contributed by atoms with Gasteiger partial charge in [-0.1, -0.05) is 0 Å². The molecule has 0 radical (unpaired) electrons. The Labute approximate surface area is 130 Å². The van der Waals surface area contributed by atoms with Crippen LogP contribution in [0.15, 0.2) is 18.2 Å². The second-order valence-electron chi connectivity index (χ2n) is 6.50. The highest BCUT2D eigenvalue weighted by Crippen LogP contribution is 2.31. The lowest BCUT2D eigenvalue weighted by molar-refractivity contribution is 0.0708. The Morgan fingerprint density at radius 1 is 1.27 bits per heavy atom. The van der Waals surface area contributed by atoms with Crippen LogP contribution in [-0.2, 0) is 12.8 Å². The summed E-state index contributed by atoms with van der Waals surface area (Å²) in [4.78, 5) is 18.1. The maximum absolute atomic E-state index is 12.8. The molecule has 0 atom stereocenters. The molecule has 1 aromatic heterocycles. The second-order valence-corrected chi connectivity index (χ2v) is 6.50. The third kappa shape index (κ3) is 2.31. The number of hydrogen-bond donors (Lipinski definition) is 2. The molecular formula is C18H22N2O2. The van der Waals surface area contributed by atoms with Crippen molar-refractivity contribution in [1.29, 1.82) is 0 Å².